The number of aromatic amines is 1. The Morgan fingerprint density at radius 3 is 2.68 bits per heavy atom. The summed E-state index contributed by atoms with van der Waals surface area (Å²) in [5.74, 6) is -1.32. The number of rotatable bonds is 7. The number of carbonyl (C=O) groups excluding carboxylic acids is 2. The van der Waals surface area contributed by atoms with Gasteiger partial charge in [-0.1, -0.05) is 35.9 Å². The van der Waals surface area contributed by atoms with Gasteiger partial charge < -0.3 is 20.7 Å². The van der Waals surface area contributed by atoms with Crippen molar-refractivity contribution in [2.45, 2.75) is 32.4 Å². The van der Waals surface area contributed by atoms with Crippen molar-refractivity contribution < 1.29 is 18.7 Å². The second-order valence-electron chi connectivity index (χ2n) is 9.34. The number of nitrogens with zero attached hydrogens (tertiary/aromatic N) is 2. The first-order valence-electron chi connectivity index (χ1n) is 12.3. The molecule has 2 heterocycles. The molecule has 10 heteroatoms. The first-order chi connectivity index (χ1) is 18.3. The van der Waals surface area contributed by atoms with E-state index in [0.29, 0.717) is 27.7 Å². The summed E-state index contributed by atoms with van der Waals surface area (Å²) in [4.78, 5) is 27.5. The lowest BCUT2D eigenvalue weighted by Crippen LogP contribution is -2.27. The Labute approximate surface area is 223 Å². The number of benzene rings is 3. The van der Waals surface area contributed by atoms with E-state index >= 15 is 0 Å². The number of hydrogen-bond acceptors (Lipinski definition) is 5. The standard InChI is InChI=1S/C28H27ClFN5O3/c1-15-4-3-11-35(15)26-20-14-33-34-25(20)23(27(31)36)22(24(26)29)17-7-5-16(6-8-17)13-32-28(37)19-12-18(30)9-10-21(19)38-2/h5-10,12,14-15H,3-4,11,13H2,1-2H3,(H2,31,36)(H,32,37)(H,33,34). The molecule has 3 aromatic carbocycles. The number of hydrogen-bond donors (Lipinski definition) is 3. The molecule has 5 rings (SSSR count). The largest absolute Gasteiger partial charge is 0.496 e. The Morgan fingerprint density at radius 1 is 1.26 bits per heavy atom. The lowest BCUT2D eigenvalue weighted by Gasteiger charge is -2.27. The molecule has 0 spiro atoms. The van der Waals surface area contributed by atoms with E-state index in [1.54, 1.807) is 6.20 Å². The topological polar surface area (TPSA) is 113 Å². The summed E-state index contributed by atoms with van der Waals surface area (Å²) in [5, 5.41) is 11.1. The van der Waals surface area contributed by atoms with Crippen molar-refractivity contribution in [2.75, 3.05) is 18.6 Å². The lowest BCUT2D eigenvalue weighted by molar-refractivity contribution is 0.0946. The molecule has 196 valence electrons. The van der Waals surface area contributed by atoms with E-state index < -0.39 is 17.6 Å². The van der Waals surface area contributed by atoms with Crippen LogP contribution < -0.4 is 20.7 Å². The van der Waals surface area contributed by atoms with E-state index in [1.165, 1.54) is 19.2 Å². The smallest absolute Gasteiger partial charge is 0.255 e. The fraction of sp³-hybridized carbons (Fsp3) is 0.250. The summed E-state index contributed by atoms with van der Waals surface area (Å²) >= 11 is 7.03. The number of aromatic nitrogens is 2. The molecule has 1 unspecified atom stereocenters. The zero-order valence-corrected chi connectivity index (χ0v) is 21.7. The van der Waals surface area contributed by atoms with Crippen LogP contribution in [-0.4, -0.2) is 41.7 Å². The molecule has 8 nitrogen and oxygen atoms in total. The number of carbonyl (C=O) groups is 2. The van der Waals surface area contributed by atoms with Gasteiger partial charge in [0.15, 0.2) is 0 Å². The van der Waals surface area contributed by atoms with Gasteiger partial charge in [-0.25, -0.2) is 4.39 Å². The Balaban J connectivity index is 1.48. The summed E-state index contributed by atoms with van der Waals surface area (Å²) < 4.78 is 18.8. The number of amides is 2. The van der Waals surface area contributed by atoms with Gasteiger partial charge in [0.1, 0.15) is 11.6 Å². The van der Waals surface area contributed by atoms with Gasteiger partial charge in [-0.2, -0.15) is 5.10 Å². The molecule has 1 aliphatic rings. The minimum absolute atomic E-state index is 0.110. The fourth-order valence-electron chi connectivity index (χ4n) is 5.12. The molecular weight excluding hydrogens is 509 g/mol. The molecule has 0 aliphatic carbocycles. The molecular formula is C28H27ClFN5O3. The predicted octanol–water partition coefficient (Wildman–Crippen LogP) is 5.05. The summed E-state index contributed by atoms with van der Waals surface area (Å²) in [6.07, 6.45) is 3.77. The van der Waals surface area contributed by atoms with Crippen molar-refractivity contribution in [3.63, 3.8) is 0 Å². The average molecular weight is 536 g/mol. The Hall–Kier alpha value is -4.11. The summed E-state index contributed by atoms with van der Waals surface area (Å²) in [5.41, 5.74) is 9.63. The number of methoxy groups -OCH3 is 1. The van der Waals surface area contributed by atoms with E-state index in [9.17, 15) is 14.0 Å². The van der Waals surface area contributed by atoms with Crippen LogP contribution in [0.3, 0.4) is 0 Å². The summed E-state index contributed by atoms with van der Waals surface area (Å²) in [7, 11) is 1.42. The number of nitrogens with one attached hydrogen (secondary N) is 2. The van der Waals surface area contributed by atoms with Crippen LogP contribution in [0.5, 0.6) is 5.75 Å². The Morgan fingerprint density at radius 2 is 2.03 bits per heavy atom. The van der Waals surface area contributed by atoms with Crippen molar-refractivity contribution >= 4 is 40.0 Å². The molecule has 1 aromatic heterocycles. The van der Waals surface area contributed by atoms with Gasteiger partial charge in [-0.15, -0.1) is 0 Å². The molecule has 0 radical (unpaired) electrons. The van der Waals surface area contributed by atoms with Crippen LogP contribution in [0.2, 0.25) is 5.02 Å². The van der Waals surface area contributed by atoms with E-state index in [-0.39, 0.29) is 23.4 Å². The molecule has 1 aliphatic heterocycles. The highest BCUT2D eigenvalue weighted by molar-refractivity contribution is 6.39. The third-order valence-electron chi connectivity index (χ3n) is 7.01. The minimum Gasteiger partial charge on any atom is -0.496 e. The fourth-order valence-corrected chi connectivity index (χ4v) is 5.53. The van der Waals surface area contributed by atoms with Crippen molar-refractivity contribution in [1.82, 2.24) is 15.5 Å². The van der Waals surface area contributed by atoms with Crippen LogP contribution in [0, 0.1) is 5.82 Å². The molecule has 38 heavy (non-hydrogen) atoms. The average Bonchev–Trinajstić information content (AvgIpc) is 3.56. The highest BCUT2D eigenvalue weighted by atomic mass is 35.5. The normalized spacial score (nSPS) is 15.2. The van der Waals surface area contributed by atoms with Gasteiger partial charge >= 0.3 is 0 Å². The van der Waals surface area contributed by atoms with Crippen LogP contribution in [0.1, 0.15) is 46.0 Å². The van der Waals surface area contributed by atoms with Gasteiger partial charge in [-0.3, -0.25) is 14.7 Å². The minimum atomic E-state index is -0.613. The monoisotopic (exact) mass is 535 g/mol. The maximum atomic E-state index is 13.7. The number of anilines is 1. The van der Waals surface area contributed by atoms with E-state index in [0.717, 1.165) is 42.1 Å². The second-order valence-corrected chi connectivity index (χ2v) is 9.72. The van der Waals surface area contributed by atoms with E-state index in [4.69, 9.17) is 22.1 Å². The van der Waals surface area contributed by atoms with Crippen LogP contribution in [-0.2, 0) is 6.54 Å². The van der Waals surface area contributed by atoms with E-state index in [1.807, 2.05) is 24.3 Å². The van der Waals surface area contributed by atoms with Crippen LogP contribution >= 0.6 is 11.6 Å². The maximum Gasteiger partial charge on any atom is 0.255 e. The van der Waals surface area contributed by atoms with Crippen molar-refractivity contribution in [2.24, 2.45) is 5.73 Å². The van der Waals surface area contributed by atoms with Gasteiger partial charge in [0, 0.05) is 30.1 Å². The van der Waals surface area contributed by atoms with Crippen LogP contribution in [0.25, 0.3) is 22.0 Å². The zero-order valence-electron chi connectivity index (χ0n) is 21.0. The van der Waals surface area contributed by atoms with Gasteiger partial charge in [0.05, 0.1) is 40.7 Å². The molecule has 1 saturated heterocycles. The number of halogens is 2. The Kier molecular flexibility index (Phi) is 6.94. The number of fused-ring (bicyclic) bond motifs is 1. The van der Waals surface area contributed by atoms with Crippen LogP contribution in [0.15, 0.2) is 48.7 Å². The number of nitrogens with two attached hydrogens (primary N) is 1. The Bertz CT molecular complexity index is 1540. The van der Waals surface area contributed by atoms with Crippen molar-refractivity contribution in [1.29, 1.82) is 0 Å². The highest BCUT2D eigenvalue weighted by Gasteiger charge is 2.30. The third kappa shape index (κ3) is 4.54. The maximum absolute atomic E-state index is 13.7. The molecule has 1 atom stereocenters. The van der Waals surface area contributed by atoms with Crippen molar-refractivity contribution in [3.05, 3.63) is 76.2 Å². The predicted molar refractivity (Wildman–Crippen MR) is 145 cm³/mol. The lowest BCUT2D eigenvalue weighted by atomic mass is 9.94. The molecule has 4 aromatic rings. The second kappa shape index (κ2) is 10.3. The van der Waals surface area contributed by atoms with Gasteiger partial charge in [-0.05, 0) is 49.1 Å². The number of primary amides is 1. The summed E-state index contributed by atoms with van der Waals surface area (Å²) in [6, 6.07) is 11.4. The highest BCUT2D eigenvalue weighted by Crippen LogP contribution is 2.46. The zero-order chi connectivity index (χ0) is 27.0. The quantitative estimate of drug-likeness (QED) is 0.306. The first-order valence-corrected chi connectivity index (χ1v) is 12.6. The van der Waals surface area contributed by atoms with Crippen molar-refractivity contribution in [3.8, 4) is 16.9 Å². The molecule has 0 saturated carbocycles. The molecule has 1 fully saturated rings. The third-order valence-corrected chi connectivity index (χ3v) is 7.38. The van der Waals surface area contributed by atoms with Gasteiger partial charge in [0.2, 0.25) is 0 Å². The SMILES string of the molecule is COc1ccc(F)cc1C(=O)NCc1ccc(-c2c(Cl)c(N3CCCC3C)c3cn[nH]c3c2C(N)=O)cc1. The number of H-pyrrole nitrogens is 1. The first kappa shape index (κ1) is 25.5. The number of ether oxygens (including phenoxy) is 1. The van der Waals surface area contributed by atoms with E-state index in [2.05, 4.69) is 27.3 Å². The molecule has 4 N–H and O–H groups in total. The molecule has 2 amide bonds. The van der Waals surface area contributed by atoms with Crippen LogP contribution in [0.4, 0.5) is 10.1 Å². The van der Waals surface area contributed by atoms with Gasteiger partial charge in [0.25, 0.3) is 11.8 Å². The summed E-state index contributed by atoms with van der Waals surface area (Å²) in [6.45, 7) is 3.20. The molecule has 0 bridgehead atoms.